The van der Waals surface area contributed by atoms with E-state index in [9.17, 15) is 5.11 Å². The lowest BCUT2D eigenvalue weighted by atomic mass is 9.88. The first-order chi connectivity index (χ1) is 9.96. The molecule has 2 aromatic carbocycles. The molecule has 0 heterocycles. The number of nitriles is 1. The fourth-order valence-corrected chi connectivity index (χ4v) is 2.42. The molecule has 0 saturated carbocycles. The lowest BCUT2D eigenvalue weighted by Crippen LogP contribution is -2.24. The standard InChI is InChI=1S/C18H19NO2/c1-13-4-9-17(21-3)15(10-13)11-18(2,20)16-7-5-14(12-19)6-8-16/h4-10,20H,11H2,1-3H3. The summed E-state index contributed by atoms with van der Waals surface area (Å²) >= 11 is 0. The molecule has 0 aliphatic carbocycles. The third-order valence-electron chi connectivity index (χ3n) is 3.61. The Labute approximate surface area is 125 Å². The highest BCUT2D eigenvalue weighted by Gasteiger charge is 2.25. The van der Waals surface area contributed by atoms with E-state index in [2.05, 4.69) is 6.07 Å². The number of methoxy groups -OCH3 is 1. The lowest BCUT2D eigenvalue weighted by molar-refractivity contribution is 0.0569. The summed E-state index contributed by atoms with van der Waals surface area (Å²) in [7, 11) is 1.63. The van der Waals surface area contributed by atoms with Gasteiger partial charge in [-0.2, -0.15) is 5.26 Å². The second-order valence-electron chi connectivity index (χ2n) is 5.46. The first-order valence-corrected chi connectivity index (χ1v) is 6.83. The average Bonchev–Trinajstić information content (AvgIpc) is 2.47. The highest BCUT2D eigenvalue weighted by atomic mass is 16.5. The Morgan fingerprint density at radius 2 is 1.86 bits per heavy atom. The van der Waals surface area contributed by atoms with Crippen molar-refractivity contribution < 1.29 is 9.84 Å². The van der Waals surface area contributed by atoms with Crippen molar-refractivity contribution in [3.63, 3.8) is 0 Å². The molecular formula is C18H19NO2. The fourth-order valence-electron chi connectivity index (χ4n) is 2.42. The topological polar surface area (TPSA) is 53.2 Å². The molecule has 0 radical (unpaired) electrons. The van der Waals surface area contributed by atoms with E-state index in [1.807, 2.05) is 25.1 Å². The zero-order valence-electron chi connectivity index (χ0n) is 12.6. The second-order valence-corrected chi connectivity index (χ2v) is 5.46. The summed E-state index contributed by atoms with van der Waals surface area (Å²) in [6.07, 6.45) is 0.448. The molecule has 1 N–H and O–H groups in total. The minimum atomic E-state index is -1.02. The van der Waals surface area contributed by atoms with Crippen LogP contribution in [0.2, 0.25) is 0 Å². The Bertz CT molecular complexity index is 667. The van der Waals surface area contributed by atoms with Crippen LogP contribution in [-0.2, 0) is 12.0 Å². The Morgan fingerprint density at radius 1 is 1.19 bits per heavy atom. The first kappa shape index (κ1) is 15.1. The highest BCUT2D eigenvalue weighted by molar-refractivity contribution is 5.40. The van der Waals surface area contributed by atoms with Crippen LogP contribution >= 0.6 is 0 Å². The van der Waals surface area contributed by atoms with Crippen molar-refractivity contribution in [2.24, 2.45) is 0 Å². The van der Waals surface area contributed by atoms with E-state index in [1.54, 1.807) is 38.3 Å². The number of benzene rings is 2. The number of hydrogen-bond donors (Lipinski definition) is 1. The molecule has 3 heteroatoms. The van der Waals surface area contributed by atoms with Gasteiger partial charge in [0.05, 0.1) is 24.3 Å². The van der Waals surface area contributed by atoms with Gasteiger partial charge >= 0.3 is 0 Å². The van der Waals surface area contributed by atoms with Gasteiger partial charge in [0.15, 0.2) is 0 Å². The third-order valence-corrected chi connectivity index (χ3v) is 3.61. The molecule has 0 spiro atoms. The van der Waals surface area contributed by atoms with Crippen molar-refractivity contribution in [1.29, 1.82) is 5.26 Å². The summed E-state index contributed by atoms with van der Waals surface area (Å²) in [5.41, 5.74) is 2.44. The van der Waals surface area contributed by atoms with Crippen molar-refractivity contribution >= 4 is 0 Å². The molecule has 0 aliphatic rings. The molecule has 3 nitrogen and oxygen atoms in total. The molecule has 0 fully saturated rings. The average molecular weight is 281 g/mol. The number of nitrogens with zero attached hydrogens (tertiary/aromatic N) is 1. The number of rotatable bonds is 4. The van der Waals surface area contributed by atoms with Gasteiger partial charge in [-0.25, -0.2) is 0 Å². The Balaban J connectivity index is 2.32. The van der Waals surface area contributed by atoms with Crippen molar-refractivity contribution in [2.45, 2.75) is 25.9 Å². The van der Waals surface area contributed by atoms with Crippen LogP contribution in [0.3, 0.4) is 0 Å². The Kier molecular flexibility index (Phi) is 4.30. The van der Waals surface area contributed by atoms with Gasteiger partial charge in [0.2, 0.25) is 0 Å². The summed E-state index contributed by atoms with van der Waals surface area (Å²) in [6, 6.07) is 15.0. The molecule has 0 aliphatic heterocycles. The van der Waals surface area contributed by atoms with Crippen LogP contribution in [-0.4, -0.2) is 12.2 Å². The summed E-state index contributed by atoms with van der Waals surface area (Å²) in [6.45, 7) is 3.79. The van der Waals surface area contributed by atoms with E-state index >= 15 is 0 Å². The van der Waals surface area contributed by atoms with Crippen LogP contribution in [0.1, 0.15) is 29.2 Å². The highest BCUT2D eigenvalue weighted by Crippen LogP contribution is 2.30. The minimum absolute atomic E-state index is 0.448. The number of hydrogen-bond acceptors (Lipinski definition) is 3. The first-order valence-electron chi connectivity index (χ1n) is 6.83. The van der Waals surface area contributed by atoms with Crippen molar-refractivity contribution in [1.82, 2.24) is 0 Å². The van der Waals surface area contributed by atoms with E-state index in [4.69, 9.17) is 10.00 Å². The molecule has 21 heavy (non-hydrogen) atoms. The van der Waals surface area contributed by atoms with E-state index in [0.29, 0.717) is 12.0 Å². The second kappa shape index (κ2) is 5.99. The zero-order chi connectivity index (χ0) is 15.5. The van der Waals surface area contributed by atoms with Crippen molar-refractivity contribution in [3.8, 4) is 11.8 Å². The van der Waals surface area contributed by atoms with Crippen molar-refractivity contribution in [2.75, 3.05) is 7.11 Å². The summed E-state index contributed by atoms with van der Waals surface area (Å²) in [4.78, 5) is 0. The summed E-state index contributed by atoms with van der Waals surface area (Å²) in [5.74, 6) is 0.773. The van der Waals surface area contributed by atoms with Gasteiger partial charge < -0.3 is 9.84 Å². The van der Waals surface area contributed by atoms with Crippen LogP contribution in [0.4, 0.5) is 0 Å². The maximum atomic E-state index is 10.8. The van der Waals surface area contributed by atoms with E-state index in [-0.39, 0.29) is 0 Å². The molecule has 2 aromatic rings. The predicted octanol–water partition coefficient (Wildman–Crippen LogP) is 3.33. The van der Waals surface area contributed by atoms with Gasteiger partial charge in [0, 0.05) is 6.42 Å². The Hall–Kier alpha value is -2.31. The van der Waals surface area contributed by atoms with E-state index in [1.165, 1.54) is 0 Å². The quantitative estimate of drug-likeness (QED) is 0.935. The van der Waals surface area contributed by atoms with Gasteiger partial charge in [-0.1, -0.05) is 29.8 Å². The predicted molar refractivity (Wildman–Crippen MR) is 82.2 cm³/mol. The zero-order valence-corrected chi connectivity index (χ0v) is 12.6. The molecule has 1 unspecified atom stereocenters. The van der Waals surface area contributed by atoms with Crippen LogP contribution in [0.25, 0.3) is 0 Å². The number of aliphatic hydroxyl groups is 1. The van der Waals surface area contributed by atoms with Crippen LogP contribution in [0, 0.1) is 18.3 Å². The summed E-state index contributed by atoms with van der Waals surface area (Å²) in [5, 5.41) is 19.6. The molecule has 1 atom stereocenters. The molecular weight excluding hydrogens is 262 g/mol. The maximum absolute atomic E-state index is 10.8. The largest absolute Gasteiger partial charge is 0.496 e. The van der Waals surface area contributed by atoms with E-state index in [0.717, 1.165) is 22.4 Å². The monoisotopic (exact) mass is 281 g/mol. The van der Waals surface area contributed by atoms with Crippen LogP contribution < -0.4 is 4.74 Å². The molecule has 0 saturated heterocycles. The minimum Gasteiger partial charge on any atom is -0.496 e. The van der Waals surface area contributed by atoms with Gasteiger partial charge in [-0.3, -0.25) is 0 Å². The van der Waals surface area contributed by atoms with E-state index < -0.39 is 5.60 Å². The van der Waals surface area contributed by atoms with Gasteiger partial charge in [0.1, 0.15) is 5.75 Å². The number of ether oxygens (including phenoxy) is 1. The van der Waals surface area contributed by atoms with Crippen molar-refractivity contribution in [3.05, 3.63) is 64.7 Å². The lowest BCUT2D eigenvalue weighted by Gasteiger charge is -2.25. The molecule has 108 valence electrons. The molecule has 0 amide bonds. The maximum Gasteiger partial charge on any atom is 0.122 e. The summed E-state index contributed by atoms with van der Waals surface area (Å²) < 4.78 is 5.36. The SMILES string of the molecule is COc1ccc(C)cc1CC(C)(O)c1ccc(C#N)cc1. The third kappa shape index (κ3) is 3.42. The molecule has 0 aromatic heterocycles. The smallest absolute Gasteiger partial charge is 0.122 e. The number of aryl methyl sites for hydroxylation is 1. The van der Waals surface area contributed by atoms with Gasteiger partial charge in [0.25, 0.3) is 0 Å². The molecule has 0 bridgehead atoms. The van der Waals surface area contributed by atoms with Crippen LogP contribution in [0.15, 0.2) is 42.5 Å². The van der Waals surface area contributed by atoms with Gasteiger partial charge in [-0.15, -0.1) is 0 Å². The fraction of sp³-hybridized carbons (Fsp3) is 0.278. The van der Waals surface area contributed by atoms with Gasteiger partial charge in [-0.05, 0) is 43.2 Å². The normalized spacial score (nSPS) is 13.3. The van der Waals surface area contributed by atoms with Crippen LogP contribution in [0.5, 0.6) is 5.75 Å². The molecule has 2 rings (SSSR count). The Morgan fingerprint density at radius 3 is 2.43 bits per heavy atom.